The number of carbonyl (C=O) groups excluding carboxylic acids is 2. The maximum absolute atomic E-state index is 13.0. The van der Waals surface area contributed by atoms with Crippen LogP contribution in [0.4, 0.5) is 9.18 Å². The highest BCUT2D eigenvalue weighted by atomic mass is 19.1. The van der Waals surface area contributed by atoms with E-state index in [0.29, 0.717) is 6.42 Å². The summed E-state index contributed by atoms with van der Waals surface area (Å²) in [5, 5.41) is 9.17. The fourth-order valence-electron chi connectivity index (χ4n) is 2.52. The van der Waals surface area contributed by atoms with Crippen molar-refractivity contribution in [1.82, 2.24) is 10.6 Å². The second kappa shape index (κ2) is 11.4. The molecule has 8 nitrogen and oxygen atoms in total. The molecule has 168 valence electrons. The van der Waals surface area contributed by atoms with E-state index in [4.69, 9.17) is 15.3 Å². The molecular formula is C21H33FN4O4. The van der Waals surface area contributed by atoms with Crippen LogP contribution in [0.15, 0.2) is 29.4 Å². The zero-order chi connectivity index (χ0) is 22.9. The Morgan fingerprint density at radius 3 is 2.27 bits per heavy atom. The molecule has 4 N–H and O–H groups in total. The number of amidine groups is 1. The number of amides is 2. The number of nitrogens with two attached hydrogens (primary N) is 1. The summed E-state index contributed by atoms with van der Waals surface area (Å²) in [6, 6.07) is 4.91. The minimum Gasteiger partial charge on any atom is -0.444 e. The van der Waals surface area contributed by atoms with Crippen molar-refractivity contribution in [2.24, 2.45) is 16.8 Å². The summed E-state index contributed by atoms with van der Waals surface area (Å²) in [5.41, 5.74) is 6.07. The van der Waals surface area contributed by atoms with Gasteiger partial charge in [-0.2, -0.15) is 0 Å². The molecule has 2 amide bonds. The lowest BCUT2D eigenvalue weighted by atomic mass is 10.0. The lowest BCUT2D eigenvalue weighted by Crippen LogP contribution is -2.47. The van der Waals surface area contributed by atoms with Crippen molar-refractivity contribution >= 4 is 17.8 Å². The number of halogens is 1. The van der Waals surface area contributed by atoms with Gasteiger partial charge in [0.25, 0.3) is 5.91 Å². The quantitative estimate of drug-likeness (QED) is 0.320. The SMILES string of the molecule is CC(C)CC(NC(=O)OC(C)(C)C)/C(N)=N/OCC(=O)NC(C)c1ccc(F)cc1. The van der Waals surface area contributed by atoms with Gasteiger partial charge in [-0.1, -0.05) is 31.1 Å². The molecular weight excluding hydrogens is 391 g/mol. The predicted molar refractivity (Wildman–Crippen MR) is 113 cm³/mol. The smallest absolute Gasteiger partial charge is 0.408 e. The lowest BCUT2D eigenvalue weighted by Gasteiger charge is -2.24. The van der Waals surface area contributed by atoms with Gasteiger partial charge in [0.1, 0.15) is 11.4 Å². The number of nitrogens with one attached hydrogen (secondary N) is 2. The Bertz CT molecular complexity index is 730. The second-order valence-corrected chi connectivity index (χ2v) is 8.46. The van der Waals surface area contributed by atoms with Crippen molar-refractivity contribution in [2.75, 3.05) is 6.61 Å². The van der Waals surface area contributed by atoms with Gasteiger partial charge in [0.2, 0.25) is 0 Å². The predicted octanol–water partition coefficient (Wildman–Crippen LogP) is 3.23. The Labute approximate surface area is 177 Å². The van der Waals surface area contributed by atoms with Crippen LogP contribution in [0.3, 0.4) is 0 Å². The molecule has 2 atom stereocenters. The molecule has 9 heteroatoms. The van der Waals surface area contributed by atoms with Gasteiger partial charge in [0, 0.05) is 0 Å². The first-order valence-corrected chi connectivity index (χ1v) is 9.87. The van der Waals surface area contributed by atoms with E-state index in [1.54, 1.807) is 39.8 Å². The fourth-order valence-corrected chi connectivity index (χ4v) is 2.52. The zero-order valence-electron chi connectivity index (χ0n) is 18.5. The maximum atomic E-state index is 13.0. The van der Waals surface area contributed by atoms with Crippen molar-refractivity contribution < 1.29 is 23.6 Å². The topological polar surface area (TPSA) is 115 Å². The largest absolute Gasteiger partial charge is 0.444 e. The van der Waals surface area contributed by atoms with Crippen LogP contribution in [0.25, 0.3) is 0 Å². The molecule has 1 aromatic carbocycles. The normalized spacial score (nSPS) is 14.1. The van der Waals surface area contributed by atoms with Gasteiger partial charge in [-0.05, 0) is 57.7 Å². The summed E-state index contributed by atoms with van der Waals surface area (Å²) in [5.74, 6) is -0.502. The molecule has 0 spiro atoms. The monoisotopic (exact) mass is 424 g/mol. The number of rotatable bonds is 9. The molecule has 1 rings (SSSR count). The van der Waals surface area contributed by atoms with Crippen molar-refractivity contribution in [2.45, 2.75) is 65.6 Å². The van der Waals surface area contributed by atoms with Crippen molar-refractivity contribution in [3.63, 3.8) is 0 Å². The molecule has 2 unspecified atom stereocenters. The summed E-state index contributed by atoms with van der Waals surface area (Å²) in [6.45, 7) is 10.6. The van der Waals surface area contributed by atoms with E-state index in [1.807, 2.05) is 13.8 Å². The number of alkyl carbamates (subject to hydrolysis) is 1. The molecule has 30 heavy (non-hydrogen) atoms. The molecule has 0 radical (unpaired) electrons. The Morgan fingerprint density at radius 1 is 1.13 bits per heavy atom. The van der Waals surface area contributed by atoms with Crippen LogP contribution >= 0.6 is 0 Å². The van der Waals surface area contributed by atoms with E-state index in [9.17, 15) is 14.0 Å². The second-order valence-electron chi connectivity index (χ2n) is 8.46. The first-order valence-electron chi connectivity index (χ1n) is 9.87. The highest BCUT2D eigenvalue weighted by Crippen LogP contribution is 2.13. The lowest BCUT2D eigenvalue weighted by molar-refractivity contribution is -0.126. The number of hydrogen-bond acceptors (Lipinski definition) is 5. The van der Waals surface area contributed by atoms with Gasteiger partial charge in [-0.25, -0.2) is 9.18 Å². The highest BCUT2D eigenvalue weighted by Gasteiger charge is 2.23. The molecule has 0 aliphatic rings. The summed E-state index contributed by atoms with van der Waals surface area (Å²) in [6.07, 6.45) is -0.0942. The molecule has 0 heterocycles. The molecule has 0 saturated carbocycles. The van der Waals surface area contributed by atoms with Crippen LogP contribution in [0.2, 0.25) is 0 Å². The van der Waals surface area contributed by atoms with Crippen LogP contribution in [0, 0.1) is 11.7 Å². The van der Waals surface area contributed by atoms with E-state index in [-0.39, 0.29) is 30.2 Å². The number of hydrogen-bond donors (Lipinski definition) is 3. The average Bonchev–Trinajstić information content (AvgIpc) is 2.59. The van der Waals surface area contributed by atoms with Crippen LogP contribution in [0.1, 0.15) is 59.6 Å². The standard InChI is InChI=1S/C21H33FN4O4/c1-13(2)11-17(25-20(28)30-21(4,5)6)19(23)26-29-12-18(27)24-14(3)15-7-9-16(22)10-8-15/h7-10,13-14,17H,11-12H2,1-6H3,(H2,23,26)(H,24,27)(H,25,28). The van der Waals surface area contributed by atoms with Crippen molar-refractivity contribution in [3.8, 4) is 0 Å². The number of nitrogens with zero attached hydrogens (tertiary/aromatic N) is 1. The van der Waals surface area contributed by atoms with Gasteiger partial charge in [-0.15, -0.1) is 0 Å². The number of benzene rings is 1. The molecule has 0 fully saturated rings. The molecule has 0 aliphatic heterocycles. The minimum absolute atomic E-state index is 0.0361. The van der Waals surface area contributed by atoms with Gasteiger partial charge < -0.3 is 25.9 Å². The van der Waals surface area contributed by atoms with E-state index >= 15 is 0 Å². The van der Waals surface area contributed by atoms with Gasteiger partial charge in [-0.3, -0.25) is 4.79 Å². The summed E-state index contributed by atoms with van der Waals surface area (Å²) in [4.78, 5) is 29.1. The minimum atomic E-state index is -0.645. The van der Waals surface area contributed by atoms with E-state index in [0.717, 1.165) is 5.56 Å². The Hall–Kier alpha value is -2.84. The first-order chi connectivity index (χ1) is 13.9. The van der Waals surface area contributed by atoms with Crippen LogP contribution in [-0.4, -0.2) is 36.1 Å². The number of oxime groups is 1. The van der Waals surface area contributed by atoms with Crippen molar-refractivity contribution in [3.05, 3.63) is 35.6 Å². The third kappa shape index (κ3) is 10.1. The summed E-state index contributed by atoms with van der Waals surface area (Å²) in [7, 11) is 0. The summed E-state index contributed by atoms with van der Waals surface area (Å²) < 4.78 is 18.2. The van der Waals surface area contributed by atoms with E-state index in [2.05, 4.69) is 15.8 Å². The molecule has 0 bridgehead atoms. The molecule has 0 aromatic heterocycles. The van der Waals surface area contributed by atoms with E-state index in [1.165, 1.54) is 12.1 Å². The molecule has 0 saturated heterocycles. The molecule has 0 aliphatic carbocycles. The van der Waals surface area contributed by atoms with Gasteiger partial charge >= 0.3 is 6.09 Å². The third-order valence-electron chi connectivity index (χ3n) is 3.87. The van der Waals surface area contributed by atoms with Crippen LogP contribution in [-0.2, 0) is 14.4 Å². The Morgan fingerprint density at radius 2 is 1.73 bits per heavy atom. The Balaban J connectivity index is 2.60. The van der Waals surface area contributed by atoms with Crippen LogP contribution in [0.5, 0.6) is 0 Å². The van der Waals surface area contributed by atoms with Crippen LogP contribution < -0.4 is 16.4 Å². The number of carbonyl (C=O) groups is 2. The maximum Gasteiger partial charge on any atom is 0.408 e. The zero-order valence-corrected chi connectivity index (χ0v) is 18.5. The Kier molecular flexibility index (Phi) is 9.55. The third-order valence-corrected chi connectivity index (χ3v) is 3.87. The summed E-state index contributed by atoms with van der Waals surface area (Å²) >= 11 is 0. The average molecular weight is 425 g/mol. The number of ether oxygens (including phenoxy) is 1. The first kappa shape index (κ1) is 25.2. The van der Waals surface area contributed by atoms with Crippen molar-refractivity contribution in [1.29, 1.82) is 0 Å². The van der Waals surface area contributed by atoms with Gasteiger partial charge in [0.15, 0.2) is 12.4 Å². The van der Waals surface area contributed by atoms with Gasteiger partial charge in [0.05, 0.1) is 12.1 Å². The van der Waals surface area contributed by atoms with E-state index < -0.39 is 23.6 Å². The fraction of sp³-hybridized carbons (Fsp3) is 0.571. The molecule has 1 aromatic rings. The highest BCUT2D eigenvalue weighted by molar-refractivity contribution is 5.88.